The maximum absolute atomic E-state index is 6.41. The van der Waals surface area contributed by atoms with Gasteiger partial charge in [0.25, 0.3) is 0 Å². The van der Waals surface area contributed by atoms with Gasteiger partial charge in [-0.15, -0.1) is 0 Å². The van der Waals surface area contributed by atoms with Crippen LogP contribution in [-0.2, 0) is 0 Å². The van der Waals surface area contributed by atoms with Crippen molar-refractivity contribution in [2.24, 2.45) is 0 Å². The molecule has 0 aliphatic heterocycles. The smallest absolute Gasteiger partial charge is 0.227 e. The molecular weight excluding hydrogens is 617 g/mol. The van der Waals surface area contributed by atoms with E-state index in [1.54, 1.807) is 0 Å². The minimum absolute atomic E-state index is 0.544. The summed E-state index contributed by atoms with van der Waals surface area (Å²) in [6, 6.07) is 52.9. The van der Waals surface area contributed by atoms with Crippen molar-refractivity contribution in [2.75, 3.05) is 0 Å². The van der Waals surface area contributed by atoms with Gasteiger partial charge in [-0.05, 0) is 52.9 Å². The quantitative estimate of drug-likeness (QED) is 0.186. The fraction of sp³-hybridized carbons (Fsp3) is 0. The molecule has 0 radical (unpaired) electrons. The first-order valence-electron chi connectivity index (χ1n) is 16.5. The van der Waals surface area contributed by atoms with Gasteiger partial charge in [0.2, 0.25) is 5.89 Å². The van der Waals surface area contributed by atoms with Crippen LogP contribution in [0.5, 0.6) is 0 Å². The minimum atomic E-state index is 0.544. The summed E-state index contributed by atoms with van der Waals surface area (Å²) in [6.07, 6.45) is 0. The lowest BCUT2D eigenvalue weighted by molar-refractivity contribution is 0.623. The van der Waals surface area contributed by atoms with Crippen molar-refractivity contribution in [3.8, 4) is 56.7 Å². The molecule has 6 heteroatoms. The number of furan rings is 1. The molecule has 0 saturated carbocycles. The fourth-order valence-corrected chi connectivity index (χ4v) is 6.82. The predicted octanol–water partition coefficient (Wildman–Crippen LogP) is 11.4. The van der Waals surface area contributed by atoms with Gasteiger partial charge < -0.3 is 8.83 Å². The molecule has 0 bridgehead atoms. The van der Waals surface area contributed by atoms with Gasteiger partial charge in [-0.3, -0.25) is 0 Å². The number of oxazole rings is 1. The molecule has 6 nitrogen and oxygen atoms in total. The van der Waals surface area contributed by atoms with Crippen LogP contribution in [0, 0.1) is 0 Å². The van der Waals surface area contributed by atoms with Crippen LogP contribution in [0.25, 0.3) is 101 Å². The van der Waals surface area contributed by atoms with Crippen molar-refractivity contribution in [2.45, 2.75) is 0 Å². The highest BCUT2D eigenvalue weighted by atomic mass is 16.3. The van der Waals surface area contributed by atoms with Gasteiger partial charge >= 0.3 is 0 Å². The molecule has 0 N–H and O–H groups in total. The summed E-state index contributed by atoms with van der Waals surface area (Å²) >= 11 is 0. The van der Waals surface area contributed by atoms with Gasteiger partial charge in [0.1, 0.15) is 16.7 Å². The van der Waals surface area contributed by atoms with Crippen LogP contribution in [0.2, 0.25) is 0 Å². The second kappa shape index (κ2) is 11.4. The largest absolute Gasteiger partial charge is 0.456 e. The van der Waals surface area contributed by atoms with Crippen molar-refractivity contribution in [3.05, 3.63) is 158 Å². The zero-order chi connectivity index (χ0) is 33.0. The van der Waals surface area contributed by atoms with Gasteiger partial charge in [0, 0.05) is 38.4 Å². The summed E-state index contributed by atoms with van der Waals surface area (Å²) in [5.74, 6) is 2.24. The molecule has 10 rings (SSSR count). The highest BCUT2D eigenvalue weighted by Crippen LogP contribution is 2.39. The standard InChI is InChI=1S/C44H26N4O2/c1-3-13-27(14-4-1)29-17-11-18-30(25-29)41-46-42(34-22-12-24-38-39(34)33-21-9-10-23-37(33)49-38)48-43(47-41)35-26-36-40(32-20-8-7-19-31(32)35)50-44(45-36)28-15-5-2-6-16-28/h1-26H. The van der Waals surface area contributed by atoms with E-state index in [-0.39, 0.29) is 0 Å². The van der Waals surface area contributed by atoms with Gasteiger partial charge in [-0.1, -0.05) is 121 Å². The third-order valence-electron chi connectivity index (χ3n) is 9.16. The second-order valence-corrected chi connectivity index (χ2v) is 12.2. The molecule has 234 valence electrons. The monoisotopic (exact) mass is 642 g/mol. The van der Waals surface area contributed by atoms with E-state index in [9.17, 15) is 0 Å². The van der Waals surface area contributed by atoms with Crippen molar-refractivity contribution in [3.63, 3.8) is 0 Å². The first-order valence-corrected chi connectivity index (χ1v) is 16.5. The summed E-state index contributed by atoms with van der Waals surface area (Å²) in [5.41, 5.74) is 8.77. The Balaban J connectivity index is 1.24. The molecule has 3 aromatic heterocycles. The summed E-state index contributed by atoms with van der Waals surface area (Å²) in [5, 5.41) is 3.88. The molecule has 0 saturated heterocycles. The second-order valence-electron chi connectivity index (χ2n) is 12.2. The fourth-order valence-electron chi connectivity index (χ4n) is 6.82. The molecule has 7 aromatic carbocycles. The molecule has 10 aromatic rings. The van der Waals surface area contributed by atoms with Crippen LogP contribution in [0.15, 0.2) is 167 Å². The lowest BCUT2D eigenvalue weighted by atomic mass is 10.0. The predicted molar refractivity (Wildman–Crippen MR) is 199 cm³/mol. The van der Waals surface area contributed by atoms with Crippen LogP contribution in [0.4, 0.5) is 0 Å². The molecular formula is C44H26N4O2. The van der Waals surface area contributed by atoms with E-state index >= 15 is 0 Å². The Morgan fingerprint density at radius 3 is 1.78 bits per heavy atom. The number of para-hydroxylation sites is 1. The van der Waals surface area contributed by atoms with E-state index in [2.05, 4.69) is 48.5 Å². The maximum Gasteiger partial charge on any atom is 0.227 e. The molecule has 3 heterocycles. The number of hydrogen-bond acceptors (Lipinski definition) is 6. The van der Waals surface area contributed by atoms with E-state index in [0.717, 1.165) is 77.2 Å². The highest BCUT2D eigenvalue weighted by Gasteiger charge is 2.21. The van der Waals surface area contributed by atoms with E-state index in [1.165, 1.54) is 0 Å². The third kappa shape index (κ3) is 4.65. The van der Waals surface area contributed by atoms with Crippen molar-refractivity contribution in [1.82, 2.24) is 19.9 Å². The Kier molecular flexibility index (Phi) is 6.39. The van der Waals surface area contributed by atoms with Crippen LogP contribution >= 0.6 is 0 Å². The molecule has 0 fully saturated rings. The summed E-state index contributed by atoms with van der Waals surface area (Å²) in [4.78, 5) is 20.5. The average molecular weight is 643 g/mol. The molecule has 0 amide bonds. The van der Waals surface area contributed by atoms with Crippen molar-refractivity contribution in [1.29, 1.82) is 0 Å². The molecule has 50 heavy (non-hydrogen) atoms. The Labute approximate surface area is 286 Å². The minimum Gasteiger partial charge on any atom is -0.456 e. The normalized spacial score (nSPS) is 11.6. The molecule has 0 unspecified atom stereocenters. The van der Waals surface area contributed by atoms with E-state index in [4.69, 9.17) is 28.8 Å². The lowest BCUT2D eigenvalue weighted by Gasteiger charge is -2.12. The average Bonchev–Trinajstić information content (AvgIpc) is 3.80. The van der Waals surface area contributed by atoms with Crippen LogP contribution in [0.1, 0.15) is 0 Å². The number of aromatic nitrogens is 4. The Hall–Kier alpha value is -6.92. The Bertz CT molecular complexity index is 2880. The number of hydrogen-bond donors (Lipinski definition) is 0. The number of rotatable bonds is 5. The summed E-state index contributed by atoms with van der Waals surface area (Å²) in [7, 11) is 0. The van der Waals surface area contributed by atoms with E-state index in [1.807, 2.05) is 109 Å². The number of benzene rings is 7. The molecule has 0 aliphatic carbocycles. The molecule has 0 atom stereocenters. The van der Waals surface area contributed by atoms with Gasteiger partial charge in [-0.25, -0.2) is 19.9 Å². The van der Waals surface area contributed by atoms with Crippen molar-refractivity contribution < 1.29 is 8.83 Å². The first-order chi connectivity index (χ1) is 24.8. The van der Waals surface area contributed by atoms with Gasteiger partial charge in [0.15, 0.2) is 23.1 Å². The topological polar surface area (TPSA) is 77.8 Å². The first kappa shape index (κ1) is 28.1. The van der Waals surface area contributed by atoms with Crippen LogP contribution in [0.3, 0.4) is 0 Å². The Morgan fingerprint density at radius 1 is 0.360 bits per heavy atom. The molecule has 0 aliphatic rings. The zero-order valence-corrected chi connectivity index (χ0v) is 26.6. The lowest BCUT2D eigenvalue weighted by Crippen LogP contribution is -2.01. The Morgan fingerprint density at radius 2 is 0.960 bits per heavy atom. The maximum atomic E-state index is 6.41. The number of fused-ring (bicyclic) bond motifs is 6. The molecule has 0 spiro atoms. The zero-order valence-electron chi connectivity index (χ0n) is 26.6. The summed E-state index contributed by atoms with van der Waals surface area (Å²) < 4.78 is 12.7. The van der Waals surface area contributed by atoms with E-state index in [0.29, 0.717) is 23.4 Å². The third-order valence-corrected chi connectivity index (χ3v) is 9.16. The number of nitrogens with zero attached hydrogens (tertiary/aromatic N) is 4. The van der Waals surface area contributed by atoms with Crippen molar-refractivity contribution >= 4 is 43.8 Å². The highest BCUT2D eigenvalue weighted by molar-refractivity contribution is 6.12. The van der Waals surface area contributed by atoms with Gasteiger partial charge in [0.05, 0.1) is 0 Å². The van der Waals surface area contributed by atoms with Gasteiger partial charge in [-0.2, -0.15) is 0 Å². The van der Waals surface area contributed by atoms with Crippen LogP contribution in [-0.4, -0.2) is 19.9 Å². The van der Waals surface area contributed by atoms with E-state index < -0.39 is 0 Å². The summed E-state index contributed by atoms with van der Waals surface area (Å²) in [6.45, 7) is 0. The van der Waals surface area contributed by atoms with Crippen LogP contribution < -0.4 is 0 Å². The SMILES string of the molecule is c1ccc(-c2cccc(-c3nc(-c4cc5nc(-c6ccccc6)oc5c5ccccc45)nc(-c4cccc5oc6ccccc6c45)n3)c2)cc1.